The zero-order valence-corrected chi connectivity index (χ0v) is 21.9. The van der Waals surface area contributed by atoms with Crippen LogP contribution in [0.1, 0.15) is 76.3 Å². The zero-order chi connectivity index (χ0) is 24.7. The van der Waals surface area contributed by atoms with Crippen molar-refractivity contribution in [3.63, 3.8) is 0 Å². The van der Waals surface area contributed by atoms with Gasteiger partial charge in [0.2, 0.25) is 0 Å². The van der Waals surface area contributed by atoms with Crippen LogP contribution in [-0.4, -0.2) is 41.6 Å². The van der Waals surface area contributed by atoms with Crippen molar-refractivity contribution < 1.29 is 10.2 Å². The van der Waals surface area contributed by atoms with E-state index in [0.717, 1.165) is 64.5 Å². The Morgan fingerprint density at radius 1 is 0.647 bits per heavy atom. The Hall–Kier alpha value is -1.95. The molecule has 0 spiro atoms. The van der Waals surface area contributed by atoms with Crippen molar-refractivity contribution >= 4 is 17.3 Å². The van der Waals surface area contributed by atoms with Crippen LogP contribution in [-0.2, 0) is 10.8 Å². The Kier molecular flexibility index (Phi) is 12.6. The molecule has 0 aromatic heterocycles. The van der Waals surface area contributed by atoms with E-state index in [1.54, 1.807) is 0 Å². The molecule has 4 N–H and O–H groups in total. The van der Waals surface area contributed by atoms with Gasteiger partial charge in [0.1, 0.15) is 0 Å². The van der Waals surface area contributed by atoms with E-state index in [2.05, 4.69) is 85.1 Å². The number of aliphatic hydroxyl groups is 2. The van der Waals surface area contributed by atoms with Crippen LogP contribution in [0.2, 0.25) is 0 Å². The topological polar surface area (TPSA) is 64.5 Å². The average molecular weight is 485 g/mol. The molecule has 2 aromatic carbocycles. The Balaban J connectivity index is 1.73. The first-order valence-corrected chi connectivity index (χ1v) is 13.2. The molecule has 0 saturated heterocycles. The SMILES string of the molecule is CC(CCCO)(CCCNC(=S)NCCCC(C)(CCCO)c1ccccc1)c1ccccc1. The van der Waals surface area contributed by atoms with Gasteiger partial charge in [-0.25, -0.2) is 0 Å². The van der Waals surface area contributed by atoms with E-state index in [0.29, 0.717) is 5.11 Å². The fourth-order valence-electron chi connectivity index (χ4n) is 4.87. The van der Waals surface area contributed by atoms with Gasteiger partial charge in [0, 0.05) is 26.3 Å². The third-order valence-corrected chi connectivity index (χ3v) is 7.39. The van der Waals surface area contributed by atoms with Gasteiger partial charge in [0.25, 0.3) is 0 Å². The molecule has 0 aliphatic heterocycles. The van der Waals surface area contributed by atoms with Crippen molar-refractivity contribution in [2.75, 3.05) is 26.3 Å². The summed E-state index contributed by atoms with van der Waals surface area (Å²) in [7, 11) is 0. The minimum Gasteiger partial charge on any atom is -0.396 e. The van der Waals surface area contributed by atoms with Gasteiger partial charge in [0.05, 0.1) is 0 Å². The van der Waals surface area contributed by atoms with Crippen LogP contribution in [0, 0.1) is 0 Å². The molecule has 188 valence electrons. The molecule has 0 amide bonds. The van der Waals surface area contributed by atoms with Gasteiger partial charge < -0.3 is 20.8 Å². The molecule has 2 atom stereocenters. The summed E-state index contributed by atoms with van der Waals surface area (Å²) >= 11 is 5.51. The first kappa shape index (κ1) is 28.3. The van der Waals surface area contributed by atoms with Gasteiger partial charge in [0.15, 0.2) is 5.11 Å². The predicted molar refractivity (Wildman–Crippen MR) is 147 cm³/mol. The van der Waals surface area contributed by atoms with Crippen LogP contribution >= 0.6 is 12.2 Å². The molecule has 0 fully saturated rings. The molecule has 2 unspecified atom stereocenters. The van der Waals surface area contributed by atoms with Crippen LogP contribution in [0.3, 0.4) is 0 Å². The number of rotatable bonds is 16. The van der Waals surface area contributed by atoms with Crippen molar-refractivity contribution in [2.45, 2.75) is 76.0 Å². The van der Waals surface area contributed by atoms with Gasteiger partial charge in [-0.1, -0.05) is 74.5 Å². The molecule has 0 heterocycles. The average Bonchev–Trinajstić information content (AvgIpc) is 2.88. The minimum atomic E-state index is 0.0666. The summed E-state index contributed by atoms with van der Waals surface area (Å²) < 4.78 is 0. The maximum Gasteiger partial charge on any atom is 0.166 e. The van der Waals surface area contributed by atoms with Crippen molar-refractivity contribution in [1.82, 2.24) is 10.6 Å². The quantitative estimate of drug-likeness (QED) is 0.188. The second kappa shape index (κ2) is 15.1. The highest BCUT2D eigenvalue weighted by Crippen LogP contribution is 2.34. The summed E-state index contributed by atoms with van der Waals surface area (Å²) in [5.74, 6) is 0. The van der Waals surface area contributed by atoms with E-state index in [-0.39, 0.29) is 24.0 Å². The van der Waals surface area contributed by atoms with Crippen LogP contribution in [0.15, 0.2) is 60.7 Å². The van der Waals surface area contributed by atoms with E-state index in [1.807, 2.05) is 0 Å². The molecular weight excluding hydrogens is 440 g/mol. The predicted octanol–water partition coefficient (Wildman–Crippen LogP) is 5.47. The lowest BCUT2D eigenvalue weighted by atomic mass is 9.75. The molecule has 0 aliphatic rings. The molecule has 34 heavy (non-hydrogen) atoms. The summed E-state index contributed by atoms with van der Waals surface area (Å²) in [6, 6.07) is 21.3. The van der Waals surface area contributed by atoms with Crippen LogP contribution in [0.25, 0.3) is 0 Å². The number of benzene rings is 2. The van der Waals surface area contributed by atoms with Gasteiger partial charge in [-0.15, -0.1) is 0 Å². The molecule has 0 bridgehead atoms. The fraction of sp³-hybridized carbons (Fsp3) is 0.552. The maximum absolute atomic E-state index is 9.33. The monoisotopic (exact) mass is 484 g/mol. The lowest BCUT2D eigenvalue weighted by Crippen LogP contribution is -2.37. The Morgan fingerprint density at radius 2 is 1.00 bits per heavy atom. The highest BCUT2D eigenvalue weighted by Gasteiger charge is 2.26. The van der Waals surface area contributed by atoms with Crippen molar-refractivity contribution in [3.8, 4) is 0 Å². The fourth-order valence-corrected chi connectivity index (χ4v) is 5.07. The van der Waals surface area contributed by atoms with E-state index < -0.39 is 0 Å². The van der Waals surface area contributed by atoms with Crippen LogP contribution in [0.4, 0.5) is 0 Å². The Labute approximate surface area is 212 Å². The third kappa shape index (κ3) is 9.36. The summed E-state index contributed by atoms with van der Waals surface area (Å²) in [6.07, 6.45) is 7.73. The molecule has 0 saturated carbocycles. The van der Waals surface area contributed by atoms with E-state index in [9.17, 15) is 10.2 Å². The normalized spacial score (nSPS) is 14.7. The summed E-state index contributed by atoms with van der Waals surface area (Å²) in [6.45, 7) is 6.75. The van der Waals surface area contributed by atoms with E-state index in [1.165, 1.54) is 11.1 Å². The summed E-state index contributed by atoms with van der Waals surface area (Å²) in [5.41, 5.74) is 2.81. The molecule has 2 aromatic rings. The third-order valence-electron chi connectivity index (χ3n) is 7.10. The van der Waals surface area contributed by atoms with Crippen molar-refractivity contribution in [2.24, 2.45) is 0 Å². The molecule has 4 nitrogen and oxygen atoms in total. The molecule has 2 rings (SSSR count). The first-order chi connectivity index (χ1) is 16.4. The smallest absolute Gasteiger partial charge is 0.166 e. The van der Waals surface area contributed by atoms with Gasteiger partial charge in [-0.2, -0.15) is 0 Å². The molecule has 0 aliphatic carbocycles. The summed E-state index contributed by atoms with van der Waals surface area (Å²) in [4.78, 5) is 0. The van der Waals surface area contributed by atoms with Gasteiger partial charge >= 0.3 is 0 Å². The standard InChI is InChI=1S/C29H44N2O2S/c1-28(19-11-23-32,25-13-5-3-6-14-25)17-9-21-30-27(34)31-22-10-18-29(2,20-12-24-33)26-15-7-4-8-16-26/h3-8,13-16,32-33H,9-12,17-24H2,1-2H3,(H2,30,31,34). The molecular formula is C29H44N2O2S. The molecule has 0 radical (unpaired) electrons. The largest absolute Gasteiger partial charge is 0.396 e. The van der Waals surface area contributed by atoms with Crippen molar-refractivity contribution in [3.05, 3.63) is 71.8 Å². The minimum absolute atomic E-state index is 0.0666. The maximum atomic E-state index is 9.33. The Bertz CT molecular complexity index is 750. The highest BCUT2D eigenvalue weighted by atomic mass is 32.1. The second-order valence-corrected chi connectivity index (χ2v) is 10.3. The lowest BCUT2D eigenvalue weighted by molar-refractivity contribution is 0.258. The first-order valence-electron chi connectivity index (χ1n) is 12.8. The zero-order valence-electron chi connectivity index (χ0n) is 21.1. The molecule has 5 heteroatoms. The number of aliphatic hydroxyl groups excluding tert-OH is 2. The van der Waals surface area contributed by atoms with Crippen molar-refractivity contribution in [1.29, 1.82) is 0 Å². The van der Waals surface area contributed by atoms with E-state index >= 15 is 0 Å². The number of hydrogen-bond donors (Lipinski definition) is 4. The van der Waals surface area contributed by atoms with Crippen LogP contribution < -0.4 is 10.6 Å². The summed E-state index contributed by atoms with van der Waals surface area (Å²) in [5, 5.41) is 26.1. The van der Waals surface area contributed by atoms with Gasteiger partial charge in [-0.3, -0.25) is 0 Å². The second-order valence-electron chi connectivity index (χ2n) is 9.90. The number of hydrogen-bond acceptors (Lipinski definition) is 3. The lowest BCUT2D eigenvalue weighted by Gasteiger charge is -2.31. The van der Waals surface area contributed by atoms with Crippen LogP contribution in [0.5, 0.6) is 0 Å². The van der Waals surface area contributed by atoms with E-state index in [4.69, 9.17) is 12.2 Å². The number of thiocarbonyl (C=S) groups is 1. The number of nitrogens with one attached hydrogen (secondary N) is 2. The Morgan fingerprint density at radius 3 is 1.35 bits per heavy atom. The highest BCUT2D eigenvalue weighted by molar-refractivity contribution is 7.80. The van der Waals surface area contributed by atoms with Gasteiger partial charge in [-0.05, 0) is 85.5 Å².